The van der Waals surface area contributed by atoms with Crippen LogP contribution < -0.4 is 19.2 Å². The molecule has 0 radical (unpaired) electrons. The lowest BCUT2D eigenvalue weighted by Gasteiger charge is -2.23. The van der Waals surface area contributed by atoms with Crippen LogP contribution in [0.2, 0.25) is 5.02 Å². The summed E-state index contributed by atoms with van der Waals surface area (Å²) >= 11 is 5.96. The Morgan fingerprint density at radius 2 is 1.71 bits per heavy atom. The number of ether oxygens (including phenoxy) is 2. The van der Waals surface area contributed by atoms with E-state index in [2.05, 4.69) is 10.5 Å². The summed E-state index contributed by atoms with van der Waals surface area (Å²) in [6.45, 7) is 1.37. The number of carbonyl (C=O) groups excluding carboxylic acids is 1. The Morgan fingerprint density at radius 1 is 1.03 bits per heavy atom. The predicted molar refractivity (Wildman–Crippen MR) is 132 cm³/mol. The molecule has 0 spiro atoms. The average Bonchev–Trinajstić information content (AvgIpc) is 2.83. The largest absolute Gasteiger partial charge is 0.497 e. The van der Waals surface area contributed by atoms with Gasteiger partial charge in [0.05, 0.1) is 31.0 Å². The molecule has 3 rings (SSSR count). The number of hydrogen-bond acceptors (Lipinski definition) is 6. The van der Waals surface area contributed by atoms with Crippen molar-refractivity contribution in [2.75, 3.05) is 25.1 Å². The third kappa shape index (κ3) is 6.06. The van der Waals surface area contributed by atoms with Gasteiger partial charge in [0, 0.05) is 16.7 Å². The molecule has 34 heavy (non-hydrogen) atoms. The number of aryl methyl sites for hydroxylation is 1. The minimum Gasteiger partial charge on any atom is -0.497 e. The van der Waals surface area contributed by atoms with Gasteiger partial charge in [-0.2, -0.15) is 5.10 Å². The van der Waals surface area contributed by atoms with Crippen LogP contribution in [-0.4, -0.2) is 41.3 Å². The summed E-state index contributed by atoms with van der Waals surface area (Å²) in [4.78, 5) is 12.7. The number of amides is 1. The number of hydrogen-bond donors (Lipinski definition) is 1. The summed E-state index contributed by atoms with van der Waals surface area (Å²) in [5, 5.41) is 4.39. The maximum atomic E-state index is 13.3. The van der Waals surface area contributed by atoms with Crippen LogP contribution in [0.25, 0.3) is 0 Å². The van der Waals surface area contributed by atoms with E-state index < -0.39 is 22.5 Å². The van der Waals surface area contributed by atoms with Crippen LogP contribution in [0, 0.1) is 6.92 Å². The average molecular weight is 502 g/mol. The van der Waals surface area contributed by atoms with E-state index >= 15 is 0 Å². The standard InChI is InChI=1S/C24H24ClN3O5S/c1-17-4-12-22(13-5-17)34(30,31)28(20-9-7-19(25)8-10-20)16-24(29)27-26-15-18-6-11-21(32-2)14-23(18)33-3/h4-15H,16H2,1-3H3,(H,27,29)/b26-15-. The third-order valence-electron chi connectivity index (χ3n) is 4.84. The molecule has 1 N–H and O–H groups in total. The summed E-state index contributed by atoms with van der Waals surface area (Å²) in [5.74, 6) is 0.481. The van der Waals surface area contributed by atoms with Crippen molar-refractivity contribution in [3.8, 4) is 11.5 Å². The highest BCUT2D eigenvalue weighted by Crippen LogP contribution is 2.26. The van der Waals surface area contributed by atoms with Crippen LogP contribution in [0.5, 0.6) is 11.5 Å². The SMILES string of the molecule is COc1ccc(/C=N\NC(=O)CN(c2ccc(Cl)cc2)S(=O)(=O)c2ccc(C)cc2)c(OC)c1. The van der Waals surface area contributed by atoms with E-state index in [4.69, 9.17) is 21.1 Å². The van der Waals surface area contributed by atoms with Crippen molar-refractivity contribution in [1.82, 2.24) is 5.43 Å². The second-order valence-electron chi connectivity index (χ2n) is 7.20. The molecule has 8 nitrogen and oxygen atoms in total. The summed E-state index contributed by atoms with van der Waals surface area (Å²) in [7, 11) is -0.985. The fraction of sp³-hybridized carbons (Fsp3) is 0.167. The Hall–Kier alpha value is -3.56. The van der Waals surface area contributed by atoms with Crippen LogP contribution in [0.4, 0.5) is 5.69 Å². The number of nitrogens with zero attached hydrogens (tertiary/aromatic N) is 2. The second-order valence-corrected chi connectivity index (χ2v) is 9.50. The minimum absolute atomic E-state index is 0.0623. The number of sulfonamides is 1. The number of anilines is 1. The molecule has 0 atom stereocenters. The number of rotatable bonds is 9. The van der Waals surface area contributed by atoms with Gasteiger partial charge in [0.25, 0.3) is 15.9 Å². The third-order valence-corrected chi connectivity index (χ3v) is 6.88. The molecule has 178 valence electrons. The zero-order valence-electron chi connectivity index (χ0n) is 18.9. The first-order valence-electron chi connectivity index (χ1n) is 10.1. The first-order chi connectivity index (χ1) is 16.2. The molecular formula is C24H24ClN3O5S. The van der Waals surface area contributed by atoms with Crippen LogP contribution >= 0.6 is 11.6 Å². The lowest BCUT2D eigenvalue weighted by atomic mass is 10.2. The van der Waals surface area contributed by atoms with Crippen LogP contribution in [0.15, 0.2) is 76.7 Å². The molecule has 0 aliphatic heterocycles. The first kappa shape index (κ1) is 25.1. The number of methoxy groups -OCH3 is 2. The normalized spacial score (nSPS) is 11.3. The highest BCUT2D eigenvalue weighted by atomic mass is 35.5. The van der Waals surface area contributed by atoms with Gasteiger partial charge >= 0.3 is 0 Å². The number of halogens is 1. The maximum Gasteiger partial charge on any atom is 0.264 e. The minimum atomic E-state index is -4.03. The van der Waals surface area contributed by atoms with E-state index in [9.17, 15) is 13.2 Å². The van der Waals surface area contributed by atoms with Crippen LogP contribution in [-0.2, 0) is 14.8 Å². The van der Waals surface area contributed by atoms with Crippen molar-refractivity contribution in [3.63, 3.8) is 0 Å². The molecule has 0 saturated heterocycles. The molecule has 0 bridgehead atoms. The van der Waals surface area contributed by atoms with Crippen molar-refractivity contribution in [1.29, 1.82) is 0 Å². The van der Waals surface area contributed by atoms with E-state index in [1.165, 1.54) is 37.6 Å². The van der Waals surface area contributed by atoms with Gasteiger partial charge in [0.15, 0.2) is 0 Å². The maximum absolute atomic E-state index is 13.3. The van der Waals surface area contributed by atoms with E-state index in [0.29, 0.717) is 27.8 Å². The molecule has 0 aliphatic rings. The van der Waals surface area contributed by atoms with Crippen LogP contribution in [0.1, 0.15) is 11.1 Å². The van der Waals surface area contributed by atoms with Crippen molar-refractivity contribution in [2.24, 2.45) is 5.10 Å². The fourth-order valence-corrected chi connectivity index (χ4v) is 4.57. The highest BCUT2D eigenvalue weighted by molar-refractivity contribution is 7.92. The van der Waals surface area contributed by atoms with E-state index in [1.807, 2.05) is 6.92 Å². The van der Waals surface area contributed by atoms with Gasteiger partial charge in [-0.1, -0.05) is 29.3 Å². The second kappa shape index (κ2) is 11.0. The quantitative estimate of drug-likeness (QED) is 0.353. The van der Waals surface area contributed by atoms with Gasteiger partial charge < -0.3 is 9.47 Å². The molecule has 0 aliphatic carbocycles. The van der Waals surface area contributed by atoms with Gasteiger partial charge in [0.1, 0.15) is 18.0 Å². The first-order valence-corrected chi connectivity index (χ1v) is 12.0. The fourth-order valence-electron chi connectivity index (χ4n) is 3.02. The summed E-state index contributed by atoms with van der Waals surface area (Å²) in [6.07, 6.45) is 1.40. The molecule has 0 aromatic heterocycles. The van der Waals surface area contributed by atoms with Crippen molar-refractivity contribution in [3.05, 3.63) is 82.9 Å². The van der Waals surface area contributed by atoms with Gasteiger partial charge in [-0.15, -0.1) is 0 Å². The smallest absolute Gasteiger partial charge is 0.264 e. The molecule has 0 saturated carbocycles. The summed E-state index contributed by atoms with van der Waals surface area (Å²) in [6, 6.07) is 17.7. The van der Waals surface area contributed by atoms with Crippen LogP contribution in [0.3, 0.4) is 0 Å². The molecule has 10 heteroatoms. The van der Waals surface area contributed by atoms with Crippen molar-refractivity contribution >= 4 is 39.4 Å². The lowest BCUT2D eigenvalue weighted by Crippen LogP contribution is -2.39. The Kier molecular flexibility index (Phi) is 8.14. The predicted octanol–water partition coefficient (Wildman–Crippen LogP) is 4.01. The monoisotopic (exact) mass is 501 g/mol. The number of hydrazone groups is 1. The van der Waals surface area contributed by atoms with Gasteiger partial charge in [-0.05, 0) is 55.5 Å². The molecule has 0 unspecified atom stereocenters. The number of benzene rings is 3. The Balaban J connectivity index is 1.82. The number of carbonyl (C=O) groups is 1. The highest BCUT2D eigenvalue weighted by Gasteiger charge is 2.27. The molecule has 1 amide bonds. The molecule has 3 aromatic rings. The zero-order chi connectivity index (χ0) is 24.7. The van der Waals surface area contributed by atoms with Crippen molar-refractivity contribution in [2.45, 2.75) is 11.8 Å². The molecule has 3 aromatic carbocycles. The summed E-state index contributed by atoms with van der Waals surface area (Å²) in [5.41, 5.74) is 4.18. The van der Waals surface area contributed by atoms with E-state index in [0.717, 1.165) is 9.87 Å². The Morgan fingerprint density at radius 3 is 2.32 bits per heavy atom. The van der Waals surface area contributed by atoms with Gasteiger partial charge in [-0.3, -0.25) is 9.10 Å². The van der Waals surface area contributed by atoms with E-state index in [-0.39, 0.29) is 4.90 Å². The topological polar surface area (TPSA) is 97.3 Å². The van der Waals surface area contributed by atoms with Crippen molar-refractivity contribution < 1.29 is 22.7 Å². The van der Waals surface area contributed by atoms with Gasteiger partial charge in [0.2, 0.25) is 0 Å². The number of nitrogens with one attached hydrogen (secondary N) is 1. The Bertz CT molecular complexity index is 1280. The molecule has 0 fully saturated rings. The lowest BCUT2D eigenvalue weighted by molar-refractivity contribution is -0.119. The molecular weight excluding hydrogens is 478 g/mol. The van der Waals surface area contributed by atoms with Gasteiger partial charge in [-0.25, -0.2) is 13.8 Å². The summed E-state index contributed by atoms with van der Waals surface area (Å²) < 4.78 is 38.2. The Labute approximate surface area is 203 Å². The zero-order valence-corrected chi connectivity index (χ0v) is 20.4. The van der Waals surface area contributed by atoms with E-state index in [1.54, 1.807) is 49.6 Å². The molecule has 0 heterocycles.